The molecule has 3 aromatic heterocycles. The van der Waals surface area contributed by atoms with Gasteiger partial charge in [0.1, 0.15) is 17.8 Å². The number of esters is 1. The normalized spacial score (nSPS) is 11.2. The molecule has 3 heterocycles. The van der Waals surface area contributed by atoms with Gasteiger partial charge in [0.2, 0.25) is 0 Å². The fourth-order valence-corrected chi connectivity index (χ4v) is 3.73. The highest BCUT2D eigenvalue weighted by Gasteiger charge is 2.22. The van der Waals surface area contributed by atoms with Crippen LogP contribution in [0.4, 0.5) is 5.82 Å². The predicted molar refractivity (Wildman–Crippen MR) is 110 cm³/mol. The number of anilines is 1. The second-order valence-corrected chi connectivity index (χ2v) is 6.63. The number of rotatable bonds is 6. The maximum Gasteiger partial charge on any atom is 0.306 e. The molecular formula is C21H23N5O2. The van der Waals surface area contributed by atoms with Crippen LogP contribution in [0.2, 0.25) is 0 Å². The van der Waals surface area contributed by atoms with Crippen molar-refractivity contribution in [3.63, 3.8) is 0 Å². The van der Waals surface area contributed by atoms with Crippen LogP contribution in [-0.2, 0) is 23.0 Å². The molecule has 4 rings (SSSR count). The smallest absolute Gasteiger partial charge is 0.306 e. The maximum absolute atomic E-state index is 12.0. The van der Waals surface area contributed by atoms with Gasteiger partial charge in [0.05, 0.1) is 18.4 Å². The number of H-pyrrole nitrogens is 1. The molecule has 0 aliphatic heterocycles. The molecule has 0 spiro atoms. The highest BCUT2D eigenvalue weighted by molar-refractivity contribution is 6.04. The SMILES string of the molecule is CCOC(=O)CCc1c(-c2cc3ccccc3[nH]2)c2c(NC)ncnc2n1C. The first-order chi connectivity index (χ1) is 13.6. The van der Waals surface area contributed by atoms with Crippen molar-refractivity contribution in [2.75, 3.05) is 19.0 Å². The number of ether oxygens (including phenoxy) is 1. The van der Waals surface area contributed by atoms with Crippen molar-refractivity contribution < 1.29 is 9.53 Å². The molecule has 0 bridgehead atoms. The average Bonchev–Trinajstić information content (AvgIpc) is 3.25. The molecule has 0 saturated heterocycles. The van der Waals surface area contributed by atoms with Crippen molar-refractivity contribution in [3.05, 3.63) is 42.4 Å². The van der Waals surface area contributed by atoms with Crippen molar-refractivity contribution in [3.8, 4) is 11.3 Å². The number of carbonyl (C=O) groups is 1. The van der Waals surface area contributed by atoms with Crippen molar-refractivity contribution in [2.24, 2.45) is 7.05 Å². The van der Waals surface area contributed by atoms with Crippen LogP contribution in [0.25, 0.3) is 33.2 Å². The van der Waals surface area contributed by atoms with Crippen LogP contribution in [0.5, 0.6) is 0 Å². The first-order valence-electron chi connectivity index (χ1n) is 9.37. The van der Waals surface area contributed by atoms with Crippen molar-refractivity contribution in [2.45, 2.75) is 19.8 Å². The number of aryl methyl sites for hydroxylation is 1. The molecule has 1 aromatic carbocycles. The number of carbonyl (C=O) groups excluding carboxylic acids is 1. The predicted octanol–water partition coefficient (Wildman–Crippen LogP) is 3.65. The summed E-state index contributed by atoms with van der Waals surface area (Å²) in [6.45, 7) is 2.21. The van der Waals surface area contributed by atoms with Gasteiger partial charge in [-0.1, -0.05) is 18.2 Å². The fraction of sp³-hybridized carbons (Fsp3) is 0.286. The van der Waals surface area contributed by atoms with Crippen molar-refractivity contribution in [1.29, 1.82) is 0 Å². The van der Waals surface area contributed by atoms with Gasteiger partial charge in [0.15, 0.2) is 0 Å². The minimum Gasteiger partial charge on any atom is -0.466 e. The van der Waals surface area contributed by atoms with E-state index in [1.165, 1.54) is 0 Å². The molecule has 4 aromatic rings. The van der Waals surface area contributed by atoms with E-state index in [0.29, 0.717) is 19.4 Å². The molecule has 0 unspecified atom stereocenters. The first kappa shape index (κ1) is 18.0. The number of para-hydroxylation sites is 1. The lowest BCUT2D eigenvalue weighted by Gasteiger charge is -2.07. The van der Waals surface area contributed by atoms with E-state index in [0.717, 1.165) is 44.7 Å². The molecule has 0 atom stereocenters. The Bertz CT molecular complexity index is 1130. The molecular weight excluding hydrogens is 354 g/mol. The van der Waals surface area contributed by atoms with Crippen LogP contribution < -0.4 is 5.32 Å². The summed E-state index contributed by atoms with van der Waals surface area (Å²) >= 11 is 0. The molecule has 0 aliphatic rings. The number of nitrogens with zero attached hydrogens (tertiary/aromatic N) is 3. The number of benzene rings is 1. The standard InChI is InChI=1S/C21H23N5O2/c1-4-28-17(27)10-9-16-18(15-11-13-7-5-6-8-14(13)25-15)19-20(22-2)23-12-24-21(19)26(16)3/h5-8,11-12,25H,4,9-10H2,1-3H3,(H,22,23,24). The Morgan fingerprint density at radius 3 is 2.86 bits per heavy atom. The van der Waals surface area contributed by atoms with E-state index in [2.05, 4.69) is 38.5 Å². The van der Waals surface area contributed by atoms with Crippen molar-refractivity contribution in [1.82, 2.24) is 19.5 Å². The van der Waals surface area contributed by atoms with Crippen LogP contribution in [-0.4, -0.2) is 39.1 Å². The third kappa shape index (κ3) is 2.98. The van der Waals surface area contributed by atoms with Gasteiger partial charge in [0.25, 0.3) is 0 Å². The molecule has 0 amide bonds. The summed E-state index contributed by atoms with van der Waals surface area (Å²) in [4.78, 5) is 24.4. The molecule has 144 valence electrons. The van der Waals surface area contributed by atoms with Crippen LogP contribution >= 0.6 is 0 Å². The Kier molecular flexibility index (Phi) is 4.73. The lowest BCUT2D eigenvalue weighted by Crippen LogP contribution is -2.07. The summed E-state index contributed by atoms with van der Waals surface area (Å²) < 4.78 is 7.16. The molecule has 7 heteroatoms. The van der Waals surface area contributed by atoms with E-state index in [-0.39, 0.29) is 5.97 Å². The van der Waals surface area contributed by atoms with Crippen LogP contribution in [0.1, 0.15) is 19.0 Å². The summed E-state index contributed by atoms with van der Waals surface area (Å²) in [6, 6.07) is 10.3. The Morgan fingerprint density at radius 2 is 2.11 bits per heavy atom. The Hall–Kier alpha value is -3.35. The summed E-state index contributed by atoms with van der Waals surface area (Å²) in [5.41, 5.74) is 4.91. The van der Waals surface area contributed by atoms with E-state index >= 15 is 0 Å². The van der Waals surface area contributed by atoms with E-state index in [1.807, 2.05) is 37.7 Å². The highest BCUT2D eigenvalue weighted by Crippen LogP contribution is 2.38. The van der Waals surface area contributed by atoms with Crippen molar-refractivity contribution >= 4 is 33.7 Å². The van der Waals surface area contributed by atoms with Gasteiger partial charge in [-0.25, -0.2) is 9.97 Å². The topological polar surface area (TPSA) is 84.8 Å². The lowest BCUT2D eigenvalue weighted by atomic mass is 10.1. The molecule has 28 heavy (non-hydrogen) atoms. The Balaban J connectivity index is 1.93. The van der Waals surface area contributed by atoms with E-state index in [1.54, 1.807) is 6.33 Å². The minimum absolute atomic E-state index is 0.199. The zero-order valence-corrected chi connectivity index (χ0v) is 16.2. The molecule has 7 nitrogen and oxygen atoms in total. The van der Waals surface area contributed by atoms with E-state index in [9.17, 15) is 4.79 Å². The van der Waals surface area contributed by atoms with Gasteiger partial charge >= 0.3 is 5.97 Å². The minimum atomic E-state index is -0.199. The molecule has 0 radical (unpaired) electrons. The van der Waals surface area contributed by atoms with Crippen LogP contribution in [0.15, 0.2) is 36.7 Å². The largest absolute Gasteiger partial charge is 0.466 e. The van der Waals surface area contributed by atoms with Crippen LogP contribution in [0.3, 0.4) is 0 Å². The third-order valence-electron chi connectivity index (χ3n) is 5.00. The fourth-order valence-electron chi connectivity index (χ4n) is 3.73. The number of fused-ring (bicyclic) bond motifs is 2. The summed E-state index contributed by atoms with van der Waals surface area (Å²) in [6.07, 6.45) is 2.42. The second-order valence-electron chi connectivity index (χ2n) is 6.63. The first-order valence-corrected chi connectivity index (χ1v) is 9.37. The van der Waals surface area contributed by atoms with Gasteiger partial charge in [-0.3, -0.25) is 4.79 Å². The van der Waals surface area contributed by atoms with Gasteiger partial charge < -0.3 is 19.6 Å². The third-order valence-corrected chi connectivity index (χ3v) is 5.00. The molecule has 0 aliphatic carbocycles. The quantitative estimate of drug-likeness (QED) is 0.501. The number of aromatic nitrogens is 4. The Morgan fingerprint density at radius 1 is 1.29 bits per heavy atom. The zero-order chi connectivity index (χ0) is 19.7. The molecule has 0 saturated carbocycles. The maximum atomic E-state index is 12.0. The summed E-state index contributed by atoms with van der Waals surface area (Å²) in [5.74, 6) is 0.562. The lowest BCUT2D eigenvalue weighted by molar-refractivity contribution is -0.143. The monoisotopic (exact) mass is 377 g/mol. The number of hydrogen-bond donors (Lipinski definition) is 2. The summed E-state index contributed by atoms with van der Waals surface area (Å²) in [5, 5.41) is 5.25. The van der Waals surface area contributed by atoms with E-state index in [4.69, 9.17) is 4.74 Å². The highest BCUT2D eigenvalue weighted by atomic mass is 16.5. The summed E-state index contributed by atoms with van der Waals surface area (Å²) in [7, 11) is 3.82. The number of hydrogen-bond acceptors (Lipinski definition) is 5. The zero-order valence-electron chi connectivity index (χ0n) is 16.2. The average molecular weight is 377 g/mol. The van der Waals surface area contributed by atoms with Gasteiger partial charge in [0, 0.05) is 41.9 Å². The van der Waals surface area contributed by atoms with Crippen LogP contribution in [0, 0.1) is 0 Å². The second kappa shape index (κ2) is 7.34. The van der Waals surface area contributed by atoms with Gasteiger partial charge in [-0.2, -0.15) is 0 Å². The molecule has 0 fully saturated rings. The number of nitrogens with one attached hydrogen (secondary N) is 2. The van der Waals surface area contributed by atoms with Gasteiger partial charge in [-0.05, 0) is 25.5 Å². The van der Waals surface area contributed by atoms with E-state index < -0.39 is 0 Å². The number of aromatic amines is 1. The van der Waals surface area contributed by atoms with Gasteiger partial charge in [-0.15, -0.1) is 0 Å². The molecule has 2 N–H and O–H groups in total. The Labute approximate surface area is 162 Å².